The summed E-state index contributed by atoms with van der Waals surface area (Å²) < 4.78 is 0. The summed E-state index contributed by atoms with van der Waals surface area (Å²) in [7, 11) is 0. The monoisotopic (exact) mass is 682 g/mol. The molecule has 1 atom stereocenters. The number of anilines is 5. The largest absolute Gasteiger partial charge is 0.311 e. The van der Waals surface area contributed by atoms with Crippen molar-refractivity contribution in [2.75, 3.05) is 9.80 Å². The Balaban J connectivity index is 1.07. The highest BCUT2D eigenvalue weighted by molar-refractivity contribution is 5.87. The van der Waals surface area contributed by atoms with Gasteiger partial charge >= 0.3 is 0 Å². The van der Waals surface area contributed by atoms with Crippen molar-refractivity contribution in [3.63, 3.8) is 0 Å². The number of allylic oxidation sites excluding steroid dienone is 3. The van der Waals surface area contributed by atoms with Gasteiger partial charge in [-0.2, -0.15) is 0 Å². The van der Waals surface area contributed by atoms with Gasteiger partial charge in [-0.15, -0.1) is 0 Å². The Morgan fingerprint density at radius 2 is 1.04 bits per heavy atom. The van der Waals surface area contributed by atoms with Crippen LogP contribution < -0.4 is 9.80 Å². The summed E-state index contributed by atoms with van der Waals surface area (Å²) in [5.74, 6) is 0.377. The highest BCUT2D eigenvalue weighted by Gasteiger charge is 2.37. The summed E-state index contributed by atoms with van der Waals surface area (Å²) in [4.78, 5) is 4.80. The molecule has 1 aliphatic carbocycles. The molecule has 256 valence electrons. The topological polar surface area (TPSA) is 6.48 Å². The number of hydrogen-bond donors (Lipinski definition) is 0. The molecule has 0 fully saturated rings. The van der Waals surface area contributed by atoms with E-state index in [1.54, 1.807) is 0 Å². The van der Waals surface area contributed by atoms with Crippen molar-refractivity contribution in [1.29, 1.82) is 0 Å². The van der Waals surface area contributed by atoms with Gasteiger partial charge in [-0.25, -0.2) is 0 Å². The minimum Gasteiger partial charge on any atom is -0.311 e. The molecule has 9 rings (SSSR count). The zero-order valence-corrected chi connectivity index (χ0v) is 30.2. The average molecular weight is 683 g/mol. The summed E-state index contributed by atoms with van der Waals surface area (Å²) in [6.07, 6.45) is 8.00. The molecule has 0 radical (unpaired) electrons. The number of para-hydroxylation sites is 2. The van der Waals surface area contributed by atoms with Crippen LogP contribution in [0.1, 0.15) is 42.9 Å². The number of fused-ring (bicyclic) bond motifs is 2. The molecule has 1 aliphatic heterocycles. The third-order valence-electron chi connectivity index (χ3n) is 11.0. The van der Waals surface area contributed by atoms with Crippen LogP contribution in [-0.4, -0.2) is 0 Å². The number of rotatable bonds is 7. The fourth-order valence-corrected chi connectivity index (χ4v) is 8.14. The van der Waals surface area contributed by atoms with Gasteiger partial charge in [0.2, 0.25) is 0 Å². The fourth-order valence-electron chi connectivity index (χ4n) is 8.14. The van der Waals surface area contributed by atoms with E-state index < -0.39 is 0 Å². The van der Waals surface area contributed by atoms with Crippen molar-refractivity contribution >= 4 is 28.4 Å². The fraction of sp³-hybridized carbons (Fsp3) is 0.0980. The molecule has 2 nitrogen and oxygen atoms in total. The molecule has 7 aromatic rings. The molecule has 53 heavy (non-hydrogen) atoms. The first-order chi connectivity index (χ1) is 26.0. The zero-order chi connectivity index (χ0) is 35.8. The van der Waals surface area contributed by atoms with Crippen LogP contribution in [0.5, 0.6) is 0 Å². The standard InChI is InChI=1S/C51H42N2/c1-51(2)47-20-12-13-21-49(47)53(43-18-10-5-11-19-43)50-35-28-42(36-48(50)51)41-26-33-46(34-27-41)52(44-29-22-39(23-30-44)37-14-6-3-7-15-37)45-31-24-40(25-32-45)38-16-8-4-9-17-38/h3-24,26-36,40H,25H2,1-2H3. The SMILES string of the molecule is CC1(C)c2ccccc2N(c2ccccc2)c2ccc(-c3ccc(N(C4=CCC(c5ccccc5)C=C4)c4ccc(-c5ccccc5)cc4)cc3)cc21. The van der Waals surface area contributed by atoms with Gasteiger partial charge in [-0.1, -0.05) is 153 Å². The Labute approximate surface area is 313 Å². The molecule has 0 saturated carbocycles. The van der Waals surface area contributed by atoms with Crippen molar-refractivity contribution in [3.8, 4) is 22.3 Å². The molecule has 0 spiro atoms. The Bertz CT molecular complexity index is 2420. The summed E-state index contributed by atoms with van der Waals surface area (Å²) >= 11 is 0. The minimum absolute atomic E-state index is 0.159. The highest BCUT2D eigenvalue weighted by Crippen LogP contribution is 2.52. The Hall–Kier alpha value is -6.38. The molecule has 0 amide bonds. The lowest BCUT2D eigenvalue weighted by molar-refractivity contribution is 0.632. The van der Waals surface area contributed by atoms with E-state index in [4.69, 9.17) is 0 Å². The highest BCUT2D eigenvalue weighted by atomic mass is 15.2. The number of hydrogen-bond acceptors (Lipinski definition) is 2. The maximum Gasteiger partial charge on any atom is 0.0503 e. The number of benzene rings is 7. The van der Waals surface area contributed by atoms with E-state index in [1.165, 1.54) is 61.7 Å². The number of nitrogens with zero attached hydrogens (tertiary/aromatic N) is 2. The predicted molar refractivity (Wildman–Crippen MR) is 224 cm³/mol. The molecular formula is C51H42N2. The van der Waals surface area contributed by atoms with Crippen LogP contribution in [0.2, 0.25) is 0 Å². The lowest BCUT2D eigenvalue weighted by Crippen LogP contribution is -2.30. The maximum atomic E-state index is 2.41. The summed E-state index contributed by atoms with van der Waals surface area (Å²) in [6.45, 7) is 4.71. The average Bonchev–Trinajstić information content (AvgIpc) is 3.23. The molecular weight excluding hydrogens is 641 g/mol. The quantitative estimate of drug-likeness (QED) is 0.165. The van der Waals surface area contributed by atoms with E-state index in [0.717, 1.165) is 17.8 Å². The predicted octanol–water partition coefficient (Wildman–Crippen LogP) is 13.9. The van der Waals surface area contributed by atoms with Crippen molar-refractivity contribution in [2.24, 2.45) is 0 Å². The second kappa shape index (κ2) is 13.6. The maximum absolute atomic E-state index is 2.41. The van der Waals surface area contributed by atoms with Gasteiger partial charge in [0, 0.05) is 34.1 Å². The third kappa shape index (κ3) is 6.07. The third-order valence-corrected chi connectivity index (χ3v) is 11.0. The van der Waals surface area contributed by atoms with Crippen molar-refractivity contribution in [2.45, 2.75) is 31.6 Å². The molecule has 0 bridgehead atoms. The first-order valence-corrected chi connectivity index (χ1v) is 18.6. The minimum atomic E-state index is -0.159. The summed E-state index contributed by atoms with van der Waals surface area (Å²) in [5.41, 5.74) is 15.8. The molecule has 1 heterocycles. The van der Waals surface area contributed by atoms with E-state index in [0.29, 0.717) is 5.92 Å². The zero-order valence-electron chi connectivity index (χ0n) is 30.2. The summed E-state index contributed by atoms with van der Waals surface area (Å²) in [5, 5.41) is 0. The van der Waals surface area contributed by atoms with Crippen molar-refractivity contribution in [1.82, 2.24) is 0 Å². The van der Waals surface area contributed by atoms with Crippen LogP contribution >= 0.6 is 0 Å². The molecule has 2 heteroatoms. The van der Waals surface area contributed by atoms with Gasteiger partial charge in [-0.05, 0) is 106 Å². The van der Waals surface area contributed by atoms with Crippen LogP contribution in [0.3, 0.4) is 0 Å². The second-order valence-electron chi connectivity index (χ2n) is 14.6. The molecule has 7 aromatic carbocycles. The Morgan fingerprint density at radius 1 is 0.509 bits per heavy atom. The van der Waals surface area contributed by atoms with Crippen LogP contribution in [-0.2, 0) is 5.41 Å². The van der Waals surface area contributed by atoms with Crippen LogP contribution in [0.4, 0.5) is 28.4 Å². The first kappa shape index (κ1) is 32.5. The van der Waals surface area contributed by atoms with Crippen LogP contribution in [0.15, 0.2) is 206 Å². The Morgan fingerprint density at radius 3 is 1.68 bits per heavy atom. The van der Waals surface area contributed by atoms with Crippen LogP contribution in [0, 0.1) is 0 Å². The van der Waals surface area contributed by atoms with Gasteiger partial charge in [0.05, 0.1) is 11.4 Å². The Kier molecular flexibility index (Phi) is 8.37. The molecule has 0 aromatic heterocycles. The van der Waals surface area contributed by atoms with Crippen molar-refractivity contribution in [3.05, 3.63) is 223 Å². The van der Waals surface area contributed by atoms with Gasteiger partial charge in [0.15, 0.2) is 0 Å². The lowest BCUT2D eigenvalue weighted by atomic mass is 9.73. The van der Waals surface area contributed by atoms with Gasteiger partial charge in [-0.3, -0.25) is 0 Å². The van der Waals surface area contributed by atoms with Crippen molar-refractivity contribution < 1.29 is 0 Å². The molecule has 0 saturated heterocycles. The van der Waals surface area contributed by atoms with E-state index >= 15 is 0 Å². The first-order valence-electron chi connectivity index (χ1n) is 18.6. The van der Waals surface area contributed by atoms with Gasteiger partial charge in [0.25, 0.3) is 0 Å². The van der Waals surface area contributed by atoms with E-state index in [-0.39, 0.29) is 5.41 Å². The van der Waals surface area contributed by atoms with Gasteiger partial charge in [0.1, 0.15) is 0 Å². The molecule has 2 aliphatic rings. The summed E-state index contributed by atoms with van der Waals surface area (Å²) in [6, 6.07) is 66.0. The van der Waals surface area contributed by atoms with Gasteiger partial charge < -0.3 is 9.80 Å². The second-order valence-corrected chi connectivity index (χ2v) is 14.6. The van der Waals surface area contributed by atoms with Crippen LogP contribution in [0.25, 0.3) is 22.3 Å². The normalized spacial score (nSPS) is 15.6. The molecule has 0 N–H and O–H groups in total. The smallest absolute Gasteiger partial charge is 0.0503 e. The van der Waals surface area contributed by atoms with E-state index in [9.17, 15) is 0 Å². The lowest BCUT2D eigenvalue weighted by Gasteiger charge is -2.42. The van der Waals surface area contributed by atoms with E-state index in [2.05, 4.69) is 224 Å². The molecule has 1 unspecified atom stereocenters. The van der Waals surface area contributed by atoms with E-state index in [1.807, 2.05) is 0 Å².